The third kappa shape index (κ3) is 4.27. The van der Waals surface area contributed by atoms with E-state index in [1.165, 1.54) is 12.8 Å². The first-order chi connectivity index (χ1) is 8.21. The monoisotopic (exact) mass is 237 g/mol. The summed E-state index contributed by atoms with van der Waals surface area (Å²) in [6.45, 7) is 5.60. The molecule has 0 heterocycles. The fourth-order valence-corrected chi connectivity index (χ4v) is 1.79. The van der Waals surface area contributed by atoms with Crippen LogP contribution in [0.5, 0.6) is 11.5 Å². The molecule has 0 aliphatic carbocycles. The zero-order valence-corrected chi connectivity index (χ0v) is 11.0. The third-order valence-corrected chi connectivity index (χ3v) is 2.79. The van der Waals surface area contributed by atoms with Crippen LogP contribution in [0, 0.1) is 5.92 Å². The van der Waals surface area contributed by atoms with Crippen molar-refractivity contribution in [2.45, 2.75) is 33.2 Å². The van der Waals surface area contributed by atoms with Crippen molar-refractivity contribution in [3.05, 3.63) is 23.8 Å². The number of rotatable bonds is 7. The van der Waals surface area contributed by atoms with Crippen LogP contribution in [0.15, 0.2) is 18.2 Å². The second-order valence-electron chi connectivity index (χ2n) is 4.38. The minimum Gasteiger partial charge on any atom is -0.497 e. The molecule has 0 spiro atoms. The number of ether oxygens (including phenoxy) is 2. The van der Waals surface area contributed by atoms with E-state index in [4.69, 9.17) is 15.2 Å². The van der Waals surface area contributed by atoms with Gasteiger partial charge >= 0.3 is 0 Å². The molecule has 3 nitrogen and oxygen atoms in total. The first-order valence-corrected chi connectivity index (χ1v) is 6.21. The minimum absolute atomic E-state index is 0.467. The van der Waals surface area contributed by atoms with E-state index in [-0.39, 0.29) is 0 Å². The van der Waals surface area contributed by atoms with Crippen molar-refractivity contribution in [1.82, 2.24) is 0 Å². The van der Waals surface area contributed by atoms with Crippen LogP contribution < -0.4 is 15.2 Å². The molecule has 0 saturated heterocycles. The van der Waals surface area contributed by atoms with Crippen LogP contribution in [0.2, 0.25) is 0 Å². The SMILES string of the molecule is CCCC(C)COc1ccc(OC)cc1CN. The van der Waals surface area contributed by atoms with Crippen LogP contribution in [0.1, 0.15) is 32.3 Å². The smallest absolute Gasteiger partial charge is 0.124 e. The molecule has 0 radical (unpaired) electrons. The lowest BCUT2D eigenvalue weighted by atomic mass is 10.1. The Balaban J connectivity index is 2.63. The molecule has 96 valence electrons. The Hall–Kier alpha value is -1.22. The van der Waals surface area contributed by atoms with Gasteiger partial charge in [-0.05, 0) is 30.5 Å². The Morgan fingerprint density at radius 1 is 1.35 bits per heavy atom. The van der Waals surface area contributed by atoms with E-state index < -0.39 is 0 Å². The molecular formula is C14H23NO2. The normalized spacial score (nSPS) is 12.2. The molecule has 1 rings (SSSR count). The summed E-state index contributed by atoms with van der Waals surface area (Å²) in [6.07, 6.45) is 2.38. The van der Waals surface area contributed by atoms with Gasteiger partial charge in [0.15, 0.2) is 0 Å². The van der Waals surface area contributed by atoms with Crippen LogP contribution in [-0.2, 0) is 6.54 Å². The average molecular weight is 237 g/mol. The molecule has 1 unspecified atom stereocenters. The van der Waals surface area contributed by atoms with Gasteiger partial charge in [0, 0.05) is 12.1 Å². The summed E-state index contributed by atoms with van der Waals surface area (Å²) in [5.41, 5.74) is 6.70. The third-order valence-electron chi connectivity index (χ3n) is 2.79. The van der Waals surface area contributed by atoms with Crippen LogP contribution in [0.4, 0.5) is 0 Å². The van der Waals surface area contributed by atoms with Crippen molar-refractivity contribution in [3.8, 4) is 11.5 Å². The van der Waals surface area contributed by atoms with Gasteiger partial charge in [0.25, 0.3) is 0 Å². The molecule has 0 amide bonds. The molecule has 1 aromatic rings. The molecule has 0 aromatic heterocycles. The topological polar surface area (TPSA) is 44.5 Å². The van der Waals surface area contributed by atoms with E-state index in [2.05, 4.69) is 13.8 Å². The van der Waals surface area contributed by atoms with Crippen molar-refractivity contribution in [2.75, 3.05) is 13.7 Å². The Bertz CT molecular complexity index is 339. The maximum atomic E-state index is 5.81. The lowest BCUT2D eigenvalue weighted by molar-refractivity contribution is 0.249. The van der Waals surface area contributed by atoms with Gasteiger partial charge in [0.05, 0.1) is 13.7 Å². The molecular weight excluding hydrogens is 214 g/mol. The Morgan fingerprint density at radius 3 is 2.71 bits per heavy atom. The van der Waals surface area contributed by atoms with Crippen molar-refractivity contribution < 1.29 is 9.47 Å². The fraction of sp³-hybridized carbons (Fsp3) is 0.571. The molecule has 1 aromatic carbocycles. The molecule has 0 saturated carbocycles. The zero-order valence-electron chi connectivity index (χ0n) is 11.0. The van der Waals surface area contributed by atoms with E-state index in [9.17, 15) is 0 Å². The highest BCUT2D eigenvalue weighted by Crippen LogP contribution is 2.24. The van der Waals surface area contributed by atoms with Crippen LogP contribution >= 0.6 is 0 Å². The Morgan fingerprint density at radius 2 is 2.12 bits per heavy atom. The van der Waals surface area contributed by atoms with E-state index in [1.807, 2.05) is 18.2 Å². The predicted octanol–water partition coefficient (Wildman–Crippen LogP) is 2.97. The molecule has 0 bridgehead atoms. The highest BCUT2D eigenvalue weighted by atomic mass is 16.5. The summed E-state index contributed by atoms with van der Waals surface area (Å²) in [4.78, 5) is 0. The average Bonchev–Trinajstić information content (AvgIpc) is 2.36. The summed E-state index contributed by atoms with van der Waals surface area (Å²) in [7, 11) is 1.65. The quantitative estimate of drug-likeness (QED) is 0.793. The highest BCUT2D eigenvalue weighted by molar-refractivity contribution is 5.40. The molecule has 17 heavy (non-hydrogen) atoms. The number of hydrogen-bond donors (Lipinski definition) is 1. The summed E-state index contributed by atoms with van der Waals surface area (Å²) in [5, 5.41) is 0. The Labute approximate surface area is 104 Å². The molecule has 0 aliphatic heterocycles. The summed E-state index contributed by atoms with van der Waals surface area (Å²) in [5.74, 6) is 2.27. The summed E-state index contributed by atoms with van der Waals surface area (Å²) < 4.78 is 11.0. The lowest BCUT2D eigenvalue weighted by Crippen LogP contribution is -2.10. The van der Waals surface area contributed by atoms with Crippen molar-refractivity contribution in [2.24, 2.45) is 11.7 Å². The summed E-state index contributed by atoms with van der Waals surface area (Å²) in [6, 6.07) is 5.76. The van der Waals surface area contributed by atoms with Gasteiger partial charge in [-0.3, -0.25) is 0 Å². The first kappa shape index (κ1) is 13.8. The van der Waals surface area contributed by atoms with E-state index >= 15 is 0 Å². The Kier molecular flexibility index (Phi) is 5.84. The van der Waals surface area contributed by atoms with Crippen molar-refractivity contribution in [3.63, 3.8) is 0 Å². The number of methoxy groups -OCH3 is 1. The van der Waals surface area contributed by atoms with Gasteiger partial charge in [-0.1, -0.05) is 20.3 Å². The number of hydrogen-bond acceptors (Lipinski definition) is 3. The molecule has 3 heteroatoms. The number of nitrogens with two attached hydrogens (primary N) is 1. The maximum absolute atomic E-state index is 5.81. The highest BCUT2D eigenvalue weighted by Gasteiger charge is 2.07. The second-order valence-corrected chi connectivity index (χ2v) is 4.38. The summed E-state index contributed by atoms with van der Waals surface area (Å²) >= 11 is 0. The fourth-order valence-electron chi connectivity index (χ4n) is 1.79. The van der Waals surface area contributed by atoms with Gasteiger partial charge in [-0.25, -0.2) is 0 Å². The van der Waals surface area contributed by atoms with E-state index in [0.717, 1.165) is 23.7 Å². The molecule has 0 fully saturated rings. The zero-order chi connectivity index (χ0) is 12.7. The van der Waals surface area contributed by atoms with Gasteiger partial charge in [-0.15, -0.1) is 0 Å². The standard InChI is InChI=1S/C14H23NO2/c1-4-5-11(2)10-17-14-7-6-13(16-3)8-12(14)9-15/h6-8,11H,4-5,9-10,15H2,1-3H3. The lowest BCUT2D eigenvalue weighted by Gasteiger charge is -2.15. The predicted molar refractivity (Wildman–Crippen MR) is 70.5 cm³/mol. The van der Waals surface area contributed by atoms with Crippen LogP contribution in [-0.4, -0.2) is 13.7 Å². The van der Waals surface area contributed by atoms with Crippen molar-refractivity contribution >= 4 is 0 Å². The maximum Gasteiger partial charge on any atom is 0.124 e. The van der Waals surface area contributed by atoms with Crippen molar-refractivity contribution in [1.29, 1.82) is 0 Å². The van der Waals surface area contributed by atoms with Crippen LogP contribution in [0.3, 0.4) is 0 Å². The van der Waals surface area contributed by atoms with E-state index in [1.54, 1.807) is 7.11 Å². The largest absolute Gasteiger partial charge is 0.497 e. The van der Waals surface area contributed by atoms with Crippen LogP contribution in [0.25, 0.3) is 0 Å². The van der Waals surface area contributed by atoms with Gasteiger partial charge in [0.1, 0.15) is 11.5 Å². The van der Waals surface area contributed by atoms with Gasteiger partial charge < -0.3 is 15.2 Å². The molecule has 1 atom stereocenters. The minimum atomic E-state index is 0.467. The van der Waals surface area contributed by atoms with Gasteiger partial charge in [0.2, 0.25) is 0 Å². The van der Waals surface area contributed by atoms with E-state index in [0.29, 0.717) is 12.5 Å². The number of benzene rings is 1. The molecule has 0 aliphatic rings. The second kappa shape index (κ2) is 7.17. The first-order valence-electron chi connectivity index (χ1n) is 6.21. The molecule has 2 N–H and O–H groups in total. The van der Waals surface area contributed by atoms with Gasteiger partial charge in [-0.2, -0.15) is 0 Å².